The van der Waals surface area contributed by atoms with E-state index in [0.717, 1.165) is 25.7 Å². The Bertz CT molecular complexity index is 550. The normalized spacial score (nSPS) is 11.2. The molecule has 4 heteroatoms. The molecule has 0 N–H and O–H groups in total. The maximum Gasteiger partial charge on any atom is 0.325 e. The number of likely N-dealkylation sites (N-methyl/N-ethyl adjacent to an activating group) is 1. The fourth-order valence-corrected chi connectivity index (χ4v) is 5.65. The molecular weight excluding hydrogens is 506 g/mol. The number of unbranched alkanes of at least 4 members (excludes halogenated alkanes) is 27. The van der Waals surface area contributed by atoms with Gasteiger partial charge < -0.3 is 9.64 Å². The lowest BCUT2D eigenvalue weighted by Crippen LogP contribution is -2.33. The van der Waals surface area contributed by atoms with E-state index in [4.69, 9.17) is 4.74 Å². The average Bonchev–Trinajstić information content (AvgIpc) is 2.96. The third-order valence-electron chi connectivity index (χ3n) is 8.55. The Morgan fingerprint density at radius 2 is 0.732 bits per heavy atom. The van der Waals surface area contributed by atoms with E-state index in [1.54, 1.807) is 7.05 Å². The van der Waals surface area contributed by atoms with Gasteiger partial charge in [-0.2, -0.15) is 0 Å². The summed E-state index contributed by atoms with van der Waals surface area (Å²) in [5.74, 6) is -0.213. The predicted octanol–water partition coefficient (Wildman–Crippen LogP) is 11.7. The van der Waals surface area contributed by atoms with Gasteiger partial charge in [-0.05, 0) is 12.8 Å². The van der Waals surface area contributed by atoms with Crippen LogP contribution in [0.4, 0.5) is 0 Å². The van der Waals surface area contributed by atoms with Gasteiger partial charge in [0.1, 0.15) is 6.54 Å². The molecule has 0 aromatic heterocycles. The highest BCUT2D eigenvalue weighted by Gasteiger charge is 2.13. The molecule has 1 amide bonds. The van der Waals surface area contributed by atoms with Gasteiger partial charge in [0.15, 0.2) is 0 Å². The van der Waals surface area contributed by atoms with Crippen molar-refractivity contribution in [3.05, 3.63) is 0 Å². The molecule has 0 saturated carbocycles. The van der Waals surface area contributed by atoms with Crippen LogP contribution >= 0.6 is 0 Å². The maximum atomic E-state index is 12.3. The van der Waals surface area contributed by atoms with E-state index < -0.39 is 0 Å². The van der Waals surface area contributed by atoms with E-state index in [1.165, 1.54) is 165 Å². The molecule has 0 unspecified atom stereocenters. The van der Waals surface area contributed by atoms with E-state index in [2.05, 4.69) is 13.8 Å². The van der Waals surface area contributed by atoms with Gasteiger partial charge in [0.25, 0.3) is 0 Å². The van der Waals surface area contributed by atoms with Crippen LogP contribution in [-0.2, 0) is 14.3 Å². The lowest BCUT2D eigenvalue weighted by Gasteiger charge is -2.16. The Hall–Kier alpha value is -1.06. The fourth-order valence-electron chi connectivity index (χ4n) is 5.65. The van der Waals surface area contributed by atoms with Crippen molar-refractivity contribution in [2.75, 3.05) is 20.2 Å². The van der Waals surface area contributed by atoms with Crippen LogP contribution in [0.1, 0.15) is 206 Å². The van der Waals surface area contributed by atoms with Gasteiger partial charge in [-0.15, -0.1) is 0 Å². The summed E-state index contributed by atoms with van der Waals surface area (Å²) in [6, 6.07) is 0. The summed E-state index contributed by atoms with van der Waals surface area (Å²) in [7, 11) is 1.72. The minimum atomic E-state index is -0.272. The highest BCUT2D eigenvalue weighted by Crippen LogP contribution is 2.15. The standard InChI is InChI=1S/C37H73NO3/c1-4-6-8-10-12-14-15-16-17-18-19-20-21-22-23-24-26-28-30-32-34-41-37(40)35-38(3)36(39)33-31-29-27-25-13-11-9-7-5-2/h4-35H2,1-3H3. The molecule has 0 fully saturated rings. The molecule has 0 aliphatic rings. The van der Waals surface area contributed by atoms with Crippen molar-refractivity contribution in [2.45, 2.75) is 206 Å². The molecule has 0 spiro atoms. The van der Waals surface area contributed by atoms with Crippen LogP contribution in [0.5, 0.6) is 0 Å². The maximum absolute atomic E-state index is 12.3. The van der Waals surface area contributed by atoms with Crippen LogP contribution < -0.4 is 0 Å². The monoisotopic (exact) mass is 580 g/mol. The second-order valence-corrected chi connectivity index (χ2v) is 12.8. The third kappa shape index (κ3) is 31.7. The first-order valence-corrected chi connectivity index (χ1v) is 18.5. The third-order valence-corrected chi connectivity index (χ3v) is 8.55. The summed E-state index contributed by atoms with van der Waals surface area (Å²) < 4.78 is 5.36. The summed E-state index contributed by atoms with van der Waals surface area (Å²) >= 11 is 0. The van der Waals surface area contributed by atoms with Crippen LogP contribution in [0.15, 0.2) is 0 Å². The van der Waals surface area contributed by atoms with E-state index >= 15 is 0 Å². The summed E-state index contributed by atoms with van der Waals surface area (Å²) in [5, 5.41) is 0. The van der Waals surface area contributed by atoms with E-state index in [-0.39, 0.29) is 18.4 Å². The molecule has 0 atom stereocenters. The molecule has 0 rings (SSSR count). The van der Waals surface area contributed by atoms with Gasteiger partial charge in [0, 0.05) is 13.5 Å². The van der Waals surface area contributed by atoms with Gasteiger partial charge in [-0.1, -0.05) is 187 Å². The zero-order valence-electron chi connectivity index (χ0n) is 28.3. The molecule has 0 aromatic rings. The first-order chi connectivity index (χ1) is 20.1. The first-order valence-electron chi connectivity index (χ1n) is 18.5. The number of carbonyl (C=O) groups excluding carboxylic acids is 2. The van der Waals surface area contributed by atoms with E-state index in [1.807, 2.05) is 0 Å². The summed E-state index contributed by atoms with van der Waals surface area (Å²) in [6.45, 7) is 5.10. The quantitative estimate of drug-likeness (QED) is 0.0574. The molecule has 0 aromatic carbocycles. The molecule has 0 aliphatic heterocycles. The van der Waals surface area contributed by atoms with Crippen molar-refractivity contribution >= 4 is 11.9 Å². The van der Waals surface area contributed by atoms with E-state index in [9.17, 15) is 9.59 Å². The average molecular weight is 580 g/mol. The fraction of sp³-hybridized carbons (Fsp3) is 0.946. The second-order valence-electron chi connectivity index (χ2n) is 12.8. The van der Waals surface area contributed by atoms with Gasteiger partial charge in [-0.25, -0.2) is 0 Å². The number of rotatable bonds is 33. The molecule has 41 heavy (non-hydrogen) atoms. The second kappa shape index (κ2) is 33.4. The van der Waals surface area contributed by atoms with Crippen molar-refractivity contribution in [2.24, 2.45) is 0 Å². The van der Waals surface area contributed by atoms with Crippen LogP contribution in [0.25, 0.3) is 0 Å². The lowest BCUT2D eigenvalue weighted by molar-refractivity contribution is -0.148. The zero-order chi connectivity index (χ0) is 30.1. The molecule has 0 radical (unpaired) electrons. The molecule has 0 bridgehead atoms. The number of carbonyl (C=O) groups is 2. The minimum absolute atomic E-state index is 0.0590. The van der Waals surface area contributed by atoms with E-state index in [0.29, 0.717) is 13.0 Å². The Morgan fingerprint density at radius 3 is 1.07 bits per heavy atom. The smallest absolute Gasteiger partial charge is 0.325 e. The number of esters is 1. The molecule has 4 nitrogen and oxygen atoms in total. The van der Waals surface area contributed by atoms with Crippen LogP contribution in [0.3, 0.4) is 0 Å². The van der Waals surface area contributed by atoms with Crippen LogP contribution in [-0.4, -0.2) is 37.0 Å². The Kier molecular flexibility index (Phi) is 32.6. The molecule has 244 valence electrons. The Balaban J connectivity index is 3.34. The zero-order valence-corrected chi connectivity index (χ0v) is 28.3. The van der Waals surface area contributed by atoms with Gasteiger partial charge >= 0.3 is 5.97 Å². The van der Waals surface area contributed by atoms with Crippen molar-refractivity contribution in [1.29, 1.82) is 0 Å². The van der Waals surface area contributed by atoms with Gasteiger partial charge in [0.2, 0.25) is 5.91 Å². The summed E-state index contributed by atoms with van der Waals surface area (Å²) in [4.78, 5) is 25.9. The number of hydrogen-bond donors (Lipinski definition) is 0. The number of hydrogen-bond acceptors (Lipinski definition) is 3. The Morgan fingerprint density at radius 1 is 0.439 bits per heavy atom. The lowest BCUT2D eigenvalue weighted by atomic mass is 10.0. The summed E-state index contributed by atoms with van der Waals surface area (Å²) in [6.07, 6.45) is 39.0. The highest BCUT2D eigenvalue weighted by molar-refractivity contribution is 5.81. The molecule has 0 heterocycles. The molecule has 0 saturated heterocycles. The number of amides is 1. The first kappa shape index (κ1) is 39.9. The molecular formula is C37H73NO3. The minimum Gasteiger partial charge on any atom is -0.464 e. The van der Waals surface area contributed by atoms with Crippen molar-refractivity contribution < 1.29 is 14.3 Å². The predicted molar refractivity (Wildman–Crippen MR) is 178 cm³/mol. The van der Waals surface area contributed by atoms with Crippen molar-refractivity contribution in [3.8, 4) is 0 Å². The van der Waals surface area contributed by atoms with Crippen LogP contribution in [0.2, 0.25) is 0 Å². The highest BCUT2D eigenvalue weighted by atomic mass is 16.5. The van der Waals surface area contributed by atoms with Gasteiger partial charge in [0.05, 0.1) is 6.61 Å². The summed E-state index contributed by atoms with van der Waals surface area (Å²) in [5.41, 5.74) is 0. The largest absolute Gasteiger partial charge is 0.464 e. The van der Waals surface area contributed by atoms with Crippen molar-refractivity contribution in [3.63, 3.8) is 0 Å². The molecule has 0 aliphatic carbocycles. The number of ether oxygens (including phenoxy) is 1. The SMILES string of the molecule is CCCCCCCCCCCCCCCCCCCCCCOC(=O)CN(C)C(=O)CCCCCCCCCCC. The topological polar surface area (TPSA) is 46.6 Å². The van der Waals surface area contributed by atoms with Crippen LogP contribution in [0, 0.1) is 0 Å². The van der Waals surface area contributed by atoms with Gasteiger partial charge in [-0.3, -0.25) is 9.59 Å². The van der Waals surface area contributed by atoms with Crippen molar-refractivity contribution in [1.82, 2.24) is 4.90 Å². The Labute approximate surface area is 257 Å². The number of nitrogens with zero attached hydrogens (tertiary/aromatic N) is 1.